The molecule has 1 aromatic carbocycles. The Morgan fingerprint density at radius 2 is 1.89 bits per heavy atom. The van der Waals surface area contributed by atoms with Gasteiger partial charge in [0.25, 0.3) is 0 Å². The van der Waals surface area contributed by atoms with E-state index in [1.165, 1.54) is 16.4 Å². The maximum absolute atomic E-state index is 12.5. The van der Waals surface area contributed by atoms with Crippen molar-refractivity contribution in [1.29, 1.82) is 0 Å². The minimum Gasteiger partial charge on any atom is -0.326 e. The Balaban J connectivity index is 2.46. The molecule has 4 nitrogen and oxygen atoms in total. The van der Waals surface area contributed by atoms with E-state index in [2.05, 4.69) is 0 Å². The summed E-state index contributed by atoms with van der Waals surface area (Å²) >= 11 is 13.8. The lowest BCUT2D eigenvalue weighted by molar-refractivity contribution is 0.443. The molecule has 1 aromatic rings. The summed E-state index contributed by atoms with van der Waals surface area (Å²) in [6, 6.07) is 2.97. The summed E-state index contributed by atoms with van der Waals surface area (Å²) in [5, 5.41) is 0.522. The predicted molar refractivity (Wildman–Crippen MR) is 80.4 cm³/mol. The summed E-state index contributed by atoms with van der Waals surface area (Å²) < 4.78 is 26.5. The van der Waals surface area contributed by atoms with Crippen molar-refractivity contribution in [1.82, 2.24) is 4.31 Å². The largest absolute Gasteiger partial charge is 0.326 e. The lowest BCUT2D eigenvalue weighted by Crippen LogP contribution is -2.38. The van der Waals surface area contributed by atoms with Crippen LogP contribution in [0.15, 0.2) is 17.0 Å². The molecule has 0 unspecified atom stereocenters. The van der Waals surface area contributed by atoms with Crippen molar-refractivity contribution in [2.75, 3.05) is 24.6 Å². The number of rotatable bonds is 3. The van der Waals surface area contributed by atoms with Crippen LogP contribution in [0, 0.1) is 0 Å². The van der Waals surface area contributed by atoms with Gasteiger partial charge in [-0.2, -0.15) is 16.1 Å². The van der Waals surface area contributed by atoms with E-state index in [0.717, 1.165) is 11.5 Å². The zero-order valence-corrected chi connectivity index (χ0v) is 13.2. The van der Waals surface area contributed by atoms with Gasteiger partial charge in [-0.25, -0.2) is 8.42 Å². The average Bonchev–Trinajstić information content (AvgIpc) is 2.40. The van der Waals surface area contributed by atoms with E-state index in [9.17, 15) is 8.42 Å². The quantitative estimate of drug-likeness (QED) is 0.915. The van der Waals surface area contributed by atoms with Crippen LogP contribution in [0.2, 0.25) is 10.0 Å². The molecule has 106 valence electrons. The average molecular weight is 341 g/mol. The summed E-state index contributed by atoms with van der Waals surface area (Å²) in [6.07, 6.45) is 0. The van der Waals surface area contributed by atoms with Crippen LogP contribution in [0.1, 0.15) is 5.56 Å². The Labute approximate surface area is 127 Å². The minimum atomic E-state index is -3.57. The zero-order chi connectivity index (χ0) is 14.0. The van der Waals surface area contributed by atoms with Crippen LogP contribution in [0.4, 0.5) is 0 Å². The summed E-state index contributed by atoms with van der Waals surface area (Å²) in [5.74, 6) is 1.60. The van der Waals surface area contributed by atoms with Gasteiger partial charge in [-0.3, -0.25) is 0 Å². The Hall–Kier alpha value is 0.0200. The monoisotopic (exact) mass is 340 g/mol. The lowest BCUT2D eigenvalue weighted by Gasteiger charge is -2.26. The van der Waals surface area contributed by atoms with Gasteiger partial charge in [0.05, 0.1) is 5.02 Å². The molecule has 1 aliphatic rings. The summed E-state index contributed by atoms with van der Waals surface area (Å²) in [6.45, 7) is 1.12. The molecule has 1 aliphatic heterocycles. The Morgan fingerprint density at radius 3 is 2.47 bits per heavy atom. The molecule has 0 amide bonds. The smallest absolute Gasteiger partial charge is 0.244 e. The predicted octanol–water partition coefficient (Wildman–Crippen LogP) is 2.19. The van der Waals surface area contributed by atoms with Crippen molar-refractivity contribution in [2.45, 2.75) is 11.4 Å². The third-order valence-electron chi connectivity index (χ3n) is 2.94. The number of thioether (sulfide) groups is 1. The van der Waals surface area contributed by atoms with E-state index in [4.69, 9.17) is 28.9 Å². The van der Waals surface area contributed by atoms with Crippen LogP contribution in [-0.2, 0) is 16.6 Å². The molecule has 1 fully saturated rings. The highest BCUT2D eigenvalue weighted by Crippen LogP contribution is 2.33. The van der Waals surface area contributed by atoms with E-state index in [1.54, 1.807) is 11.8 Å². The number of nitrogens with zero attached hydrogens (tertiary/aromatic N) is 1. The molecule has 0 bridgehead atoms. The Morgan fingerprint density at radius 1 is 1.26 bits per heavy atom. The highest BCUT2D eigenvalue weighted by atomic mass is 35.5. The minimum absolute atomic E-state index is 0.0888. The molecular weight excluding hydrogens is 327 g/mol. The standard InChI is InChI=1S/C11H14Cl2N2O2S2/c12-9-1-2-10(11(13)8(9)7-14)19(16,17)15-3-5-18-6-4-15/h1-2H,3-7,14H2. The number of hydrogen-bond donors (Lipinski definition) is 1. The SMILES string of the molecule is NCc1c(Cl)ccc(S(=O)(=O)N2CCSCC2)c1Cl. The second kappa shape index (κ2) is 6.20. The zero-order valence-electron chi connectivity index (χ0n) is 10.1. The van der Waals surface area contributed by atoms with Gasteiger partial charge in [0, 0.05) is 41.7 Å². The van der Waals surface area contributed by atoms with Crippen molar-refractivity contribution in [2.24, 2.45) is 5.73 Å². The molecule has 2 rings (SSSR count). The number of hydrogen-bond acceptors (Lipinski definition) is 4. The Bertz CT molecular complexity index is 572. The summed E-state index contributed by atoms with van der Waals surface area (Å²) in [7, 11) is -3.57. The maximum Gasteiger partial charge on any atom is 0.244 e. The first-order valence-corrected chi connectivity index (χ1v) is 9.08. The van der Waals surface area contributed by atoms with E-state index >= 15 is 0 Å². The van der Waals surface area contributed by atoms with Crippen molar-refractivity contribution in [3.8, 4) is 0 Å². The number of sulfonamides is 1. The summed E-state index contributed by atoms with van der Waals surface area (Å²) in [5.41, 5.74) is 6.03. The van der Waals surface area contributed by atoms with Gasteiger partial charge in [0.1, 0.15) is 4.90 Å². The van der Waals surface area contributed by atoms with Gasteiger partial charge in [-0.1, -0.05) is 23.2 Å². The van der Waals surface area contributed by atoms with Gasteiger partial charge in [0.15, 0.2) is 0 Å². The first-order valence-electron chi connectivity index (χ1n) is 5.73. The lowest BCUT2D eigenvalue weighted by atomic mass is 10.2. The molecule has 19 heavy (non-hydrogen) atoms. The third kappa shape index (κ3) is 3.04. The van der Waals surface area contributed by atoms with E-state index in [1.807, 2.05) is 0 Å². The van der Waals surface area contributed by atoms with Crippen LogP contribution < -0.4 is 5.73 Å². The van der Waals surface area contributed by atoms with Crippen LogP contribution in [-0.4, -0.2) is 37.3 Å². The van der Waals surface area contributed by atoms with E-state index < -0.39 is 10.0 Å². The highest BCUT2D eigenvalue weighted by Gasteiger charge is 2.29. The summed E-state index contributed by atoms with van der Waals surface area (Å²) in [4.78, 5) is 0.0888. The van der Waals surface area contributed by atoms with Crippen LogP contribution >= 0.6 is 35.0 Å². The van der Waals surface area contributed by atoms with Crippen molar-refractivity contribution >= 4 is 45.0 Å². The normalized spacial score (nSPS) is 17.6. The molecule has 1 saturated heterocycles. The van der Waals surface area contributed by atoms with Gasteiger partial charge in [0.2, 0.25) is 10.0 Å². The van der Waals surface area contributed by atoms with E-state index in [-0.39, 0.29) is 16.5 Å². The Kier molecular flexibility index (Phi) is 5.03. The molecule has 1 heterocycles. The van der Waals surface area contributed by atoms with Gasteiger partial charge in [-0.15, -0.1) is 0 Å². The second-order valence-electron chi connectivity index (χ2n) is 4.06. The molecule has 2 N–H and O–H groups in total. The number of nitrogens with two attached hydrogens (primary N) is 1. The number of benzene rings is 1. The van der Waals surface area contributed by atoms with Crippen LogP contribution in [0.3, 0.4) is 0 Å². The first-order chi connectivity index (χ1) is 8.98. The van der Waals surface area contributed by atoms with E-state index in [0.29, 0.717) is 23.7 Å². The topological polar surface area (TPSA) is 63.4 Å². The number of halogens is 2. The molecule has 0 radical (unpaired) electrons. The van der Waals surface area contributed by atoms with Crippen molar-refractivity contribution in [3.05, 3.63) is 27.7 Å². The molecule has 0 aliphatic carbocycles. The van der Waals surface area contributed by atoms with Gasteiger partial charge >= 0.3 is 0 Å². The van der Waals surface area contributed by atoms with Gasteiger partial charge < -0.3 is 5.73 Å². The van der Waals surface area contributed by atoms with Crippen LogP contribution in [0.5, 0.6) is 0 Å². The highest BCUT2D eigenvalue weighted by molar-refractivity contribution is 7.99. The second-order valence-corrected chi connectivity index (χ2v) is 7.97. The van der Waals surface area contributed by atoms with Crippen molar-refractivity contribution in [3.63, 3.8) is 0 Å². The molecule has 0 atom stereocenters. The van der Waals surface area contributed by atoms with Gasteiger partial charge in [-0.05, 0) is 12.1 Å². The fourth-order valence-electron chi connectivity index (χ4n) is 1.89. The first kappa shape index (κ1) is 15.4. The third-order valence-corrected chi connectivity index (χ3v) is 6.72. The molecular formula is C11H14Cl2N2O2S2. The fourth-order valence-corrected chi connectivity index (χ4v) is 5.37. The molecule has 8 heteroatoms. The van der Waals surface area contributed by atoms with Crippen molar-refractivity contribution < 1.29 is 8.42 Å². The molecule has 0 saturated carbocycles. The fraction of sp³-hybridized carbons (Fsp3) is 0.455. The maximum atomic E-state index is 12.5. The van der Waals surface area contributed by atoms with Crippen LogP contribution in [0.25, 0.3) is 0 Å². The molecule has 0 aromatic heterocycles. The molecule has 0 spiro atoms.